The fraction of sp³-hybridized carbons (Fsp3) is 0. The topological polar surface area (TPSA) is 16.4 Å². The molecule has 11 rings (SSSR count). The number of thiophene rings is 1. The largest absolute Gasteiger partial charge is 0.456 e. The van der Waals surface area contributed by atoms with Gasteiger partial charge in [-0.3, -0.25) is 0 Å². The first kappa shape index (κ1) is 31.6. The van der Waals surface area contributed by atoms with Crippen molar-refractivity contribution in [1.82, 2.24) is 0 Å². The van der Waals surface area contributed by atoms with Crippen molar-refractivity contribution < 1.29 is 4.42 Å². The number of fused-ring (bicyclic) bond motifs is 7. The molecule has 258 valence electrons. The van der Waals surface area contributed by atoms with Crippen molar-refractivity contribution in [2.75, 3.05) is 4.90 Å². The molecule has 9 aromatic carbocycles. The van der Waals surface area contributed by atoms with Gasteiger partial charge in [0.1, 0.15) is 11.2 Å². The lowest BCUT2D eigenvalue weighted by molar-refractivity contribution is 0.669. The average molecular weight is 720 g/mol. The van der Waals surface area contributed by atoms with Gasteiger partial charge >= 0.3 is 0 Å². The molecule has 0 fully saturated rings. The fourth-order valence-electron chi connectivity index (χ4n) is 8.32. The molecule has 3 heteroatoms. The van der Waals surface area contributed by atoms with Crippen LogP contribution in [-0.2, 0) is 0 Å². The lowest BCUT2D eigenvalue weighted by Crippen LogP contribution is -2.10. The molecule has 0 unspecified atom stereocenters. The van der Waals surface area contributed by atoms with Crippen LogP contribution in [0.25, 0.3) is 86.3 Å². The highest BCUT2D eigenvalue weighted by atomic mass is 32.1. The minimum Gasteiger partial charge on any atom is -0.456 e. The first-order valence-electron chi connectivity index (χ1n) is 18.7. The molecule has 0 aliphatic rings. The Morgan fingerprint density at radius 1 is 0.364 bits per heavy atom. The summed E-state index contributed by atoms with van der Waals surface area (Å²) >= 11 is 1.85. The molecule has 55 heavy (non-hydrogen) atoms. The minimum atomic E-state index is 0.906. The van der Waals surface area contributed by atoms with Crippen LogP contribution in [0, 0.1) is 0 Å². The number of hydrogen-bond acceptors (Lipinski definition) is 3. The van der Waals surface area contributed by atoms with Crippen LogP contribution in [0.15, 0.2) is 205 Å². The Morgan fingerprint density at radius 3 is 1.82 bits per heavy atom. The highest BCUT2D eigenvalue weighted by molar-refractivity contribution is 7.26. The highest BCUT2D eigenvalue weighted by Gasteiger charge is 2.19. The number of hydrogen-bond donors (Lipinski definition) is 0. The van der Waals surface area contributed by atoms with Crippen LogP contribution in [0.4, 0.5) is 17.1 Å². The van der Waals surface area contributed by atoms with Crippen molar-refractivity contribution in [3.63, 3.8) is 0 Å². The molecule has 0 spiro atoms. The maximum absolute atomic E-state index is 6.24. The third-order valence-corrected chi connectivity index (χ3v) is 12.0. The Hall–Kier alpha value is -6.94. The van der Waals surface area contributed by atoms with E-state index in [2.05, 4.69) is 193 Å². The van der Waals surface area contributed by atoms with Crippen molar-refractivity contribution in [2.45, 2.75) is 0 Å². The first-order chi connectivity index (χ1) is 27.3. The van der Waals surface area contributed by atoms with E-state index < -0.39 is 0 Å². The SMILES string of the molecule is c1cc(-c2ccc(N(c3ccc(-c4cccc5oc6ccccc6c45)cc3)c3cccc4sc5ccccc5c34)cc2)cc(-c2cccc3ccccc23)c1. The van der Waals surface area contributed by atoms with Crippen LogP contribution in [0.5, 0.6) is 0 Å². The summed E-state index contributed by atoms with van der Waals surface area (Å²) in [4.78, 5) is 2.41. The molecule has 2 heterocycles. The van der Waals surface area contributed by atoms with E-state index >= 15 is 0 Å². The van der Waals surface area contributed by atoms with Crippen LogP contribution < -0.4 is 4.90 Å². The van der Waals surface area contributed by atoms with Crippen LogP contribution in [0.2, 0.25) is 0 Å². The van der Waals surface area contributed by atoms with Crippen molar-refractivity contribution in [1.29, 1.82) is 0 Å². The fourth-order valence-corrected chi connectivity index (χ4v) is 9.45. The second kappa shape index (κ2) is 12.9. The maximum atomic E-state index is 6.24. The summed E-state index contributed by atoms with van der Waals surface area (Å²) in [6.45, 7) is 0. The molecule has 0 saturated carbocycles. The molecule has 0 bridgehead atoms. The van der Waals surface area contributed by atoms with Gasteiger partial charge in [-0.2, -0.15) is 0 Å². The minimum absolute atomic E-state index is 0.906. The molecule has 0 saturated heterocycles. The third-order valence-electron chi connectivity index (χ3n) is 10.9. The number of benzene rings is 9. The Kier molecular flexibility index (Phi) is 7.39. The van der Waals surface area contributed by atoms with Crippen molar-refractivity contribution in [2.24, 2.45) is 0 Å². The predicted octanol–water partition coefficient (Wildman–Crippen LogP) is 15.6. The van der Waals surface area contributed by atoms with Gasteiger partial charge < -0.3 is 9.32 Å². The second-order valence-corrected chi connectivity index (χ2v) is 15.1. The summed E-state index contributed by atoms with van der Waals surface area (Å²) in [5, 5.41) is 7.36. The summed E-state index contributed by atoms with van der Waals surface area (Å²) in [6, 6.07) is 72.2. The summed E-state index contributed by atoms with van der Waals surface area (Å²) in [5.41, 5.74) is 12.3. The Bertz CT molecular complexity index is 3200. The zero-order valence-electron chi connectivity index (χ0n) is 29.8. The second-order valence-electron chi connectivity index (χ2n) is 14.1. The number of nitrogens with zero attached hydrogens (tertiary/aromatic N) is 1. The normalized spacial score (nSPS) is 11.6. The summed E-state index contributed by atoms with van der Waals surface area (Å²) in [5.74, 6) is 0. The lowest BCUT2D eigenvalue weighted by atomic mass is 9.95. The van der Waals surface area contributed by atoms with Crippen molar-refractivity contribution in [3.05, 3.63) is 200 Å². The van der Waals surface area contributed by atoms with E-state index in [-0.39, 0.29) is 0 Å². The zero-order chi connectivity index (χ0) is 36.3. The summed E-state index contributed by atoms with van der Waals surface area (Å²) < 4.78 is 8.81. The van der Waals surface area contributed by atoms with Gasteiger partial charge in [-0.1, -0.05) is 140 Å². The zero-order valence-corrected chi connectivity index (χ0v) is 30.6. The standard InChI is InChI=1S/C52H33NOS/c1-2-15-41-35(11-1)12-8-18-42(41)38-14-7-13-37(33-38)34-25-29-39(30-26-34)53(46-20-10-24-50-52(46)45-17-4-6-23-49(45)55-50)40-31-27-36(28-32-40)43-19-9-22-48-51(43)44-16-3-5-21-47(44)54-48/h1-33H. The number of para-hydroxylation sites is 1. The molecular weight excluding hydrogens is 687 g/mol. The van der Waals surface area contributed by atoms with Gasteiger partial charge in [0.15, 0.2) is 0 Å². The Balaban J connectivity index is 1.03. The van der Waals surface area contributed by atoms with E-state index in [4.69, 9.17) is 4.42 Å². The molecule has 2 aromatic heterocycles. The molecule has 11 aromatic rings. The van der Waals surface area contributed by atoms with Gasteiger partial charge in [-0.15, -0.1) is 11.3 Å². The van der Waals surface area contributed by atoms with E-state index in [1.165, 1.54) is 58.8 Å². The number of furan rings is 1. The van der Waals surface area contributed by atoms with E-state index in [0.29, 0.717) is 0 Å². The monoisotopic (exact) mass is 719 g/mol. The van der Waals surface area contributed by atoms with Crippen LogP contribution >= 0.6 is 11.3 Å². The predicted molar refractivity (Wildman–Crippen MR) is 235 cm³/mol. The van der Waals surface area contributed by atoms with Gasteiger partial charge in [-0.25, -0.2) is 0 Å². The summed E-state index contributed by atoms with van der Waals surface area (Å²) in [6.07, 6.45) is 0. The Morgan fingerprint density at radius 2 is 0.964 bits per heavy atom. The van der Waals surface area contributed by atoms with Gasteiger partial charge in [0.05, 0.1) is 5.69 Å². The third kappa shape index (κ3) is 5.32. The van der Waals surface area contributed by atoms with E-state index in [1.807, 2.05) is 23.5 Å². The molecule has 0 aliphatic heterocycles. The maximum Gasteiger partial charge on any atom is 0.136 e. The highest BCUT2D eigenvalue weighted by Crippen LogP contribution is 2.46. The van der Waals surface area contributed by atoms with Gasteiger partial charge in [0, 0.05) is 42.3 Å². The van der Waals surface area contributed by atoms with Crippen LogP contribution in [-0.4, -0.2) is 0 Å². The van der Waals surface area contributed by atoms with Gasteiger partial charge in [0.2, 0.25) is 0 Å². The smallest absolute Gasteiger partial charge is 0.136 e. The van der Waals surface area contributed by atoms with Gasteiger partial charge in [-0.05, 0) is 105 Å². The molecule has 0 atom stereocenters. The van der Waals surface area contributed by atoms with E-state index in [1.54, 1.807) is 0 Å². The number of anilines is 3. The molecule has 0 N–H and O–H groups in total. The first-order valence-corrected chi connectivity index (χ1v) is 19.5. The quantitative estimate of drug-likeness (QED) is 0.170. The van der Waals surface area contributed by atoms with Gasteiger partial charge in [0.25, 0.3) is 0 Å². The van der Waals surface area contributed by atoms with E-state index in [0.717, 1.165) is 44.6 Å². The van der Waals surface area contributed by atoms with Crippen molar-refractivity contribution in [3.8, 4) is 33.4 Å². The summed E-state index contributed by atoms with van der Waals surface area (Å²) in [7, 11) is 0. The number of rotatable bonds is 6. The Labute approximate surface area is 322 Å². The molecule has 0 amide bonds. The van der Waals surface area contributed by atoms with Crippen molar-refractivity contribution >= 4 is 81.3 Å². The lowest BCUT2D eigenvalue weighted by Gasteiger charge is -2.27. The molecule has 0 radical (unpaired) electrons. The average Bonchev–Trinajstić information content (AvgIpc) is 3.83. The molecule has 0 aliphatic carbocycles. The molecule has 2 nitrogen and oxygen atoms in total. The van der Waals surface area contributed by atoms with Crippen LogP contribution in [0.1, 0.15) is 0 Å². The van der Waals surface area contributed by atoms with E-state index in [9.17, 15) is 0 Å². The van der Waals surface area contributed by atoms with Crippen LogP contribution in [0.3, 0.4) is 0 Å². The molecular formula is C52H33NOS.